The van der Waals surface area contributed by atoms with Gasteiger partial charge in [-0.25, -0.2) is 0 Å². The molecule has 0 atom stereocenters. The Labute approximate surface area is 151 Å². The average Bonchev–Trinajstić information content (AvgIpc) is 3.15. The van der Waals surface area contributed by atoms with Crippen LogP contribution in [0.25, 0.3) is 0 Å². The van der Waals surface area contributed by atoms with Crippen molar-refractivity contribution in [3.05, 3.63) is 84.8 Å². The zero-order chi connectivity index (χ0) is 17.5. The van der Waals surface area contributed by atoms with E-state index in [2.05, 4.69) is 74.5 Å². The molecule has 2 aromatic carbocycles. The Morgan fingerprint density at radius 1 is 0.840 bits per heavy atom. The molecule has 0 radical (unpaired) electrons. The Kier molecular flexibility index (Phi) is 5.90. The zero-order valence-corrected chi connectivity index (χ0v) is 16.0. The minimum absolute atomic E-state index is 0.565. The summed E-state index contributed by atoms with van der Waals surface area (Å²) in [5.74, 6) is 1.55. The van der Waals surface area contributed by atoms with Gasteiger partial charge in [-0.05, 0) is 34.5 Å². The Hall–Kier alpha value is -2.10. The zero-order valence-electron chi connectivity index (χ0n) is 15.0. The van der Waals surface area contributed by atoms with Crippen LogP contribution in [0.5, 0.6) is 0 Å². The fourth-order valence-electron chi connectivity index (χ4n) is 3.40. The summed E-state index contributed by atoms with van der Waals surface area (Å²) in [4.78, 5) is 0. The Balaban J connectivity index is 1.95. The first kappa shape index (κ1) is 17.7. The Bertz CT molecular complexity index is 697. The van der Waals surface area contributed by atoms with Crippen molar-refractivity contribution in [3.8, 4) is 0 Å². The molecular formula is C22H26O2Si. The summed E-state index contributed by atoms with van der Waals surface area (Å²) in [6.07, 6.45) is 2.53. The van der Waals surface area contributed by atoms with E-state index in [1.165, 1.54) is 10.4 Å². The summed E-state index contributed by atoms with van der Waals surface area (Å²) in [5.41, 5.74) is 0. The number of rotatable bonds is 8. The molecule has 0 aliphatic carbocycles. The molecule has 3 aromatic rings. The highest BCUT2D eigenvalue weighted by atomic mass is 28.4. The van der Waals surface area contributed by atoms with Crippen LogP contribution in [0.1, 0.15) is 19.6 Å². The summed E-state index contributed by atoms with van der Waals surface area (Å²) in [6, 6.07) is 26.6. The SMILES string of the molecule is CC(C)C[Si](OCCc1ccco1)(c1ccccc1)c1ccccc1. The first-order valence-corrected chi connectivity index (χ1v) is 11.1. The van der Waals surface area contributed by atoms with E-state index < -0.39 is 8.32 Å². The molecule has 3 heteroatoms. The third-order valence-corrected chi connectivity index (χ3v) is 9.07. The van der Waals surface area contributed by atoms with Gasteiger partial charge in [0, 0.05) is 13.0 Å². The topological polar surface area (TPSA) is 22.4 Å². The number of hydrogen-bond donors (Lipinski definition) is 0. The third-order valence-electron chi connectivity index (χ3n) is 4.45. The molecule has 0 aliphatic heterocycles. The van der Waals surface area contributed by atoms with E-state index in [1.807, 2.05) is 12.1 Å². The van der Waals surface area contributed by atoms with Gasteiger partial charge in [-0.15, -0.1) is 0 Å². The summed E-state index contributed by atoms with van der Waals surface area (Å²) in [7, 11) is -2.29. The molecule has 0 bridgehead atoms. The number of furan rings is 1. The van der Waals surface area contributed by atoms with Crippen LogP contribution in [0, 0.1) is 5.92 Å². The largest absolute Gasteiger partial charge is 0.469 e. The quantitative estimate of drug-likeness (QED) is 0.567. The lowest BCUT2D eigenvalue weighted by molar-refractivity contribution is 0.303. The van der Waals surface area contributed by atoms with Gasteiger partial charge in [0.05, 0.1) is 6.26 Å². The standard InChI is InChI=1S/C22H26O2Si/c1-19(2)18-25(21-11-5-3-6-12-21,22-13-7-4-8-14-22)24-17-15-20-10-9-16-23-20/h3-14,16,19H,15,17-18H2,1-2H3. The molecule has 1 aromatic heterocycles. The van der Waals surface area contributed by atoms with E-state index in [4.69, 9.17) is 8.84 Å². The van der Waals surface area contributed by atoms with Crippen molar-refractivity contribution in [1.29, 1.82) is 0 Å². The molecule has 0 amide bonds. The fourth-order valence-corrected chi connectivity index (χ4v) is 7.72. The van der Waals surface area contributed by atoms with Crippen LogP contribution < -0.4 is 10.4 Å². The van der Waals surface area contributed by atoms with Crippen molar-refractivity contribution >= 4 is 18.7 Å². The van der Waals surface area contributed by atoms with Crippen molar-refractivity contribution in [2.45, 2.75) is 26.3 Å². The normalized spacial score (nSPS) is 11.8. The second-order valence-corrected chi connectivity index (χ2v) is 10.3. The van der Waals surface area contributed by atoms with Crippen molar-refractivity contribution < 1.29 is 8.84 Å². The molecule has 0 unspecified atom stereocenters. The van der Waals surface area contributed by atoms with E-state index in [0.29, 0.717) is 12.5 Å². The first-order chi connectivity index (χ1) is 12.2. The van der Waals surface area contributed by atoms with E-state index in [0.717, 1.165) is 18.2 Å². The summed E-state index contributed by atoms with van der Waals surface area (Å²) in [5, 5.41) is 2.68. The first-order valence-electron chi connectivity index (χ1n) is 8.98. The molecule has 0 aliphatic rings. The smallest absolute Gasteiger partial charge is 0.255 e. The highest BCUT2D eigenvalue weighted by molar-refractivity contribution is 6.97. The average molecular weight is 351 g/mol. The van der Waals surface area contributed by atoms with Crippen LogP contribution in [-0.4, -0.2) is 14.9 Å². The summed E-state index contributed by atoms with van der Waals surface area (Å²) in [6.45, 7) is 5.24. The lowest BCUT2D eigenvalue weighted by Crippen LogP contribution is -2.61. The molecule has 130 valence electrons. The van der Waals surface area contributed by atoms with Crippen LogP contribution in [-0.2, 0) is 10.8 Å². The van der Waals surface area contributed by atoms with Crippen molar-refractivity contribution in [2.24, 2.45) is 5.92 Å². The lowest BCUT2D eigenvalue weighted by Gasteiger charge is -2.34. The minimum Gasteiger partial charge on any atom is -0.469 e. The molecule has 3 rings (SSSR count). The molecule has 0 spiro atoms. The molecule has 1 heterocycles. The molecule has 0 fully saturated rings. The number of hydrogen-bond acceptors (Lipinski definition) is 2. The van der Waals surface area contributed by atoms with Gasteiger partial charge in [-0.3, -0.25) is 0 Å². The van der Waals surface area contributed by atoms with Crippen LogP contribution in [0.3, 0.4) is 0 Å². The van der Waals surface area contributed by atoms with Crippen molar-refractivity contribution in [3.63, 3.8) is 0 Å². The van der Waals surface area contributed by atoms with Gasteiger partial charge < -0.3 is 8.84 Å². The van der Waals surface area contributed by atoms with Crippen LogP contribution in [0.15, 0.2) is 83.5 Å². The number of benzene rings is 2. The maximum absolute atomic E-state index is 6.76. The fraction of sp³-hybridized carbons (Fsp3) is 0.273. The molecule has 2 nitrogen and oxygen atoms in total. The van der Waals surface area contributed by atoms with Gasteiger partial charge in [0.1, 0.15) is 5.76 Å². The van der Waals surface area contributed by atoms with Gasteiger partial charge in [-0.1, -0.05) is 74.5 Å². The monoisotopic (exact) mass is 350 g/mol. The maximum atomic E-state index is 6.76. The third kappa shape index (κ3) is 4.30. The van der Waals surface area contributed by atoms with E-state index >= 15 is 0 Å². The second kappa shape index (κ2) is 8.32. The van der Waals surface area contributed by atoms with Gasteiger partial charge in [0.2, 0.25) is 0 Å². The predicted molar refractivity (Wildman–Crippen MR) is 106 cm³/mol. The molecule has 0 saturated carbocycles. The molecule has 25 heavy (non-hydrogen) atoms. The van der Waals surface area contributed by atoms with E-state index in [9.17, 15) is 0 Å². The van der Waals surface area contributed by atoms with Gasteiger partial charge in [0.15, 0.2) is 0 Å². The molecular weight excluding hydrogens is 324 g/mol. The minimum atomic E-state index is -2.29. The lowest BCUT2D eigenvalue weighted by atomic mass is 10.3. The molecule has 0 saturated heterocycles. The Morgan fingerprint density at radius 2 is 1.44 bits per heavy atom. The predicted octanol–water partition coefficient (Wildman–Crippen LogP) is 4.25. The summed E-state index contributed by atoms with van der Waals surface area (Å²) < 4.78 is 12.2. The Morgan fingerprint density at radius 3 is 1.92 bits per heavy atom. The highest BCUT2D eigenvalue weighted by Crippen LogP contribution is 2.20. The maximum Gasteiger partial charge on any atom is 0.255 e. The van der Waals surface area contributed by atoms with Crippen molar-refractivity contribution in [1.82, 2.24) is 0 Å². The second-order valence-electron chi connectivity index (χ2n) is 6.83. The van der Waals surface area contributed by atoms with E-state index in [-0.39, 0.29) is 0 Å². The van der Waals surface area contributed by atoms with E-state index in [1.54, 1.807) is 6.26 Å². The van der Waals surface area contributed by atoms with Gasteiger partial charge in [-0.2, -0.15) is 0 Å². The van der Waals surface area contributed by atoms with Gasteiger partial charge >= 0.3 is 0 Å². The van der Waals surface area contributed by atoms with Crippen LogP contribution in [0.2, 0.25) is 6.04 Å². The van der Waals surface area contributed by atoms with Gasteiger partial charge in [0.25, 0.3) is 8.32 Å². The van der Waals surface area contributed by atoms with Crippen LogP contribution >= 0.6 is 0 Å². The molecule has 0 N–H and O–H groups in total. The van der Waals surface area contributed by atoms with Crippen molar-refractivity contribution in [2.75, 3.05) is 6.61 Å². The highest BCUT2D eigenvalue weighted by Gasteiger charge is 2.40. The summed E-state index contributed by atoms with van der Waals surface area (Å²) >= 11 is 0. The van der Waals surface area contributed by atoms with Crippen LogP contribution in [0.4, 0.5) is 0 Å².